The molecule has 2 rings (SSSR count). The lowest BCUT2D eigenvalue weighted by Gasteiger charge is -2.21. The van der Waals surface area contributed by atoms with Crippen molar-refractivity contribution < 1.29 is 9.18 Å². The molecule has 0 saturated heterocycles. The third-order valence-corrected chi connectivity index (χ3v) is 4.65. The Balaban J connectivity index is 2.16. The van der Waals surface area contributed by atoms with Crippen LogP contribution in [-0.2, 0) is 11.2 Å². The SMILES string of the molecule is CC1(C(=O)Cc2cccc(F)c2Br)CCCC1. The van der Waals surface area contributed by atoms with E-state index in [4.69, 9.17) is 0 Å². The van der Waals surface area contributed by atoms with Gasteiger partial charge in [-0.15, -0.1) is 0 Å². The van der Waals surface area contributed by atoms with Crippen molar-refractivity contribution in [3.8, 4) is 0 Å². The molecule has 1 aromatic carbocycles. The molecule has 0 bridgehead atoms. The van der Waals surface area contributed by atoms with Gasteiger partial charge in [0, 0.05) is 11.8 Å². The van der Waals surface area contributed by atoms with Crippen molar-refractivity contribution in [3.63, 3.8) is 0 Å². The highest BCUT2D eigenvalue weighted by molar-refractivity contribution is 9.10. The van der Waals surface area contributed by atoms with Gasteiger partial charge in [-0.05, 0) is 40.4 Å². The van der Waals surface area contributed by atoms with Crippen LogP contribution in [0.4, 0.5) is 4.39 Å². The van der Waals surface area contributed by atoms with Gasteiger partial charge in [0.05, 0.1) is 4.47 Å². The lowest BCUT2D eigenvalue weighted by Crippen LogP contribution is -2.26. The van der Waals surface area contributed by atoms with Crippen molar-refractivity contribution in [2.24, 2.45) is 5.41 Å². The van der Waals surface area contributed by atoms with Crippen LogP contribution in [0.15, 0.2) is 22.7 Å². The van der Waals surface area contributed by atoms with Crippen molar-refractivity contribution in [2.75, 3.05) is 0 Å². The smallest absolute Gasteiger partial charge is 0.143 e. The molecule has 0 heterocycles. The lowest BCUT2D eigenvalue weighted by molar-refractivity contribution is -0.126. The van der Waals surface area contributed by atoms with E-state index < -0.39 is 0 Å². The molecular formula is C14H16BrFO. The van der Waals surface area contributed by atoms with Crippen LogP contribution in [0.1, 0.15) is 38.2 Å². The van der Waals surface area contributed by atoms with Crippen molar-refractivity contribution in [1.82, 2.24) is 0 Å². The molecule has 1 fully saturated rings. The molecule has 92 valence electrons. The van der Waals surface area contributed by atoms with E-state index in [9.17, 15) is 9.18 Å². The highest BCUT2D eigenvalue weighted by Crippen LogP contribution is 2.39. The monoisotopic (exact) mass is 298 g/mol. The molecule has 0 unspecified atom stereocenters. The van der Waals surface area contributed by atoms with Crippen molar-refractivity contribution in [2.45, 2.75) is 39.0 Å². The van der Waals surface area contributed by atoms with E-state index in [1.54, 1.807) is 6.07 Å². The second kappa shape index (κ2) is 4.89. The molecule has 1 aliphatic carbocycles. The topological polar surface area (TPSA) is 17.1 Å². The molecule has 0 radical (unpaired) electrons. The number of Topliss-reactive ketones (excluding diaryl/α,β-unsaturated/α-hetero) is 1. The molecule has 0 amide bonds. The molecule has 0 N–H and O–H groups in total. The Morgan fingerprint density at radius 2 is 2.06 bits per heavy atom. The molecule has 0 aromatic heterocycles. The van der Waals surface area contributed by atoms with Gasteiger partial charge in [0.25, 0.3) is 0 Å². The zero-order valence-electron chi connectivity index (χ0n) is 9.93. The Kier molecular flexibility index (Phi) is 3.67. The maximum Gasteiger partial charge on any atom is 0.143 e. The van der Waals surface area contributed by atoms with Crippen LogP contribution in [0.5, 0.6) is 0 Å². The van der Waals surface area contributed by atoms with Crippen LogP contribution in [0.2, 0.25) is 0 Å². The van der Waals surface area contributed by atoms with Crippen LogP contribution >= 0.6 is 15.9 Å². The number of halogens is 2. The Morgan fingerprint density at radius 3 is 2.71 bits per heavy atom. The van der Waals surface area contributed by atoms with Gasteiger partial charge in [0.2, 0.25) is 0 Å². The summed E-state index contributed by atoms with van der Waals surface area (Å²) in [5.41, 5.74) is 0.564. The summed E-state index contributed by atoms with van der Waals surface area (Å²) in [7, 11) is 0. The summed E-state index contributed by atoms with van der Waals surface area (Å²) in [5, 5.41) is 0. The molecule has 0 aliphatic heterocycles. The highest BCUT2D eigenvalue weighted by Gasteiger charge is 2.35. The summed E-state index contributed by atoms with van der Waals surface area (Å²) in [6.07, 6.45) is 4.53. The molecule has 1 aromatic rings. The number of hydrogen-bond donors (Lipinski definition) is 0. The van der Waals surface area contributed by atoms with E-state index >= 15 is 0 Å². The van der Waals surface area contributed by atoms with Gasteiger partial charge in [-0.2, -0.15) is 0 Å². The molecule has 0 spiro atoms. The quantitative estimate of drug-likeness (QED) is 0.814. The molecule has 1 nitrogen and oxygen atoms in total. The first-order chi connectivity index (χ1) is 8.03. The molecule has 0 atom stereocenters. The third-order valence-electron chi connectivity index (χ3n) is 3.76. The first kappa shape index (κ1) is 12.7. The maximum absolute atomic E-state index is 13.3. The molecule has 17 heavy (non-hydrogen) atoms. The summed E-state index contributed by atoms with van der Waals surface area (Å²) in [4.78, 5) is 12.3. The fraction of sp³-hybridized carbons (Fsp3) is 0.500. The van der Waals surface area contributed by atoms with E-state index in [-0.39, 0.29) is 17.0 Å². The van der Waals surface area contributed by atoms with E-state index in [0.29, 0.717) is 10.9 Å². The average Bonchev–Trinajstić information content (AvgIpc) is 2.73. The van der Waals surface area contributed by atoms with Crippen LogP contribution in [-0.4, -0.2) is 5.78 Å². The minimum atomic E-state index is -0.299. The van der Waals surface area contributed by atoms with Crippen molar-refractivity contribution in [1.29, 1.82) is 0 Å². The second-order valence-corrected chi connectivity index (χ2v) is 5.87. The molecule has 1 saturated carbocycles. The first-order valence-corrected chi connectivity index (χ1v) is 6.78. The Labute approximate surface area is 110 Å². The predicted molar refractivity (Wildman–Crippen MR) is 69.4 cm³/mol. The number of carbonyl (C=O) groups is 1. The number of rotatable bonds is 3. The molecule has 3 heteroatoms. The summed E-state index contributed by atoms with van der Waals surface area (Å²) in [5.74, 6) is -0.0619. The van der Waals surface area contributed by atoms with E-state index in [0.717, 1.165) is 31.2 Å². The zero-order chi connectivity index (χ0) is 12.5. The Hall–Kier alpha value is -0.700. The van der Waals surface area contributed by atoms with E-state index in [2.05, 4.69) is 15.9 Å². The summed E-state index contributed by atoms with van der Waals surface area (Å²) >= 11 is 3.21. The Bertz CT molecular complexity index is 436. The fourth-order valence-corrected chi connectivity index (χ4v) is 2.91. The predicted octanol–water partition coefficient (Wildman–Crippen LogP) is 4.28. The van der Waals surface area contributed by atoms with Crippen LogP contribution in [0.25, 0.3) is 0 Å². The number of carbonyl (C=O) groups excluding carboxylic acids is 1. The van der Waals surface area contributed by atoms with Crippen LogP contribution < -0.4 is 0 Å². The summed E-state index contributed by atoms with van der Waals surface area (Å²) in [6, 6.07) is 4.86. The van der Waals surface area contributed by atoms with Gasteiger partial charge < -0.3 is 0 Å². The Morgan fingerprint density at radius 1 is 1.41 bits per heavy atom. The zero-order valence-corrected chi connectivity index (χ0v) is 11.5. The molecular weight excluding hydrogens is 283 g/mol. The summed E-state index contributed by atoms with van der Waals surface area (Å²) in [6.45, 7) is 2.04. The average molecular weight is 299 g/mol. The van der Waals surface area contributed by atoms with Crippen molar-refractivity contribution >= 4 is 21.7 Å². The van der Waals surface area contributed by atoms with Gasteiger partial charge in [-0.1, -0.05) is 31.9 Å². The maximum atomic E-state index is 13.3. The lowest BCUT2D eigenvalue weighted by atomic mass is 9.81. The van der Waals surface area contributed by atoms with Crippen LogP contribution in [0.3, 0.4) is 0 Å². The minimum absolute atomic E-state index is 0.189. The minimum Gasteiger partial charge on any atom is -0.299 e. The van der Waals surface area contributed by atoms with Crippen LogP contribution in [0, 0.1) is 11.2 Å². The second-order valence-electron chi connectivity index (χ2n) is 5.08. The first-order valence-electron chi connectivity index (χ1n) is 5.99. The normalized spacial score (nSPS) is 18.3. The van der Waals surface area contributed by atoms with Gasteiger partial charge in [0.15, 0.2) is 0 Å². The third kappa shape index (κ3) is 2.59. The highest BCUT2D eigenvalue weighted by atomic mass is 79.9. The number of hydrogen-bond acceptors (Lipinski definition) is 1. The van der Waals surface area contributed by atoms with E-state index in [1.165, 1.54) is 6.07 Å². The summed E-state index contributed by atoms with van der Waals surface area (Å²) < 4.78 is 13.8. The van der Waals surface area contributed by atoms with Gasteiger partial charge in [-0.25, -0.2) is 4.39 Å². The number of benzene rings is 1. The van der Waals surface area contributed by atoms with Gasteiger partial charge in [-0.3, -0.25) is 4.79 Å². The number of ketones is 1. The van der Waals surface area contributed by atoms with Gasteiger partial charge >= 0.3 is 0 Å². The van der Waals surface area contributed by atoms with Crippen molar-refractivity contribution in [3.05, 3.63) is 34.1 Å². The van der Waals surface area contributed by atoms with Gasteiger partial charge in [0.1, 0.15) is 11.6 Å². The fourth-order valence-electron chi connectivity index (χ4n) is 2.51. The largest absolute Gasteiger partial charge is 0.299 e. The van der Waals surface area contributed by atoms with E-state index in [1.807, 2.05) is 13.0 Å². The molecule has 1 aliphatic rings. The standard InChI is InChI=1S/C14H16BrFO/c1-14(7-2-3-8-14)12(17)9-10-5-4-6-11(16)13(10)15/h4-6H,2-3,7-9H2,1H3.